The molecule has 3 rings (SSSR count). The van der Waals surface area contributed by atoms with Crippen molar-refractivity contribution in [2.24, 2.45) is 0 Å². The van der Waals surface area contributed by atoms with E-state index in [2.05, 4.69) is 17.4 Å². The zero-order valence-electron chi connectivity index (χ0n) is 13.5. The fourth-order valence-electron chi connectivity index (χ4n) is 2.59. The highest BCUT2D eigenvalue weighted by Gasteiger charge is 2.17. The Balaban J connectivity index is 1.63. The van der Waals surface area contributed by atoms with E-state index in [-0.39, 0.29) is 11.9 Å². The van der Waals surface area contributed by atoms with Crippen LogP contribution in [0, 0.1) is 0 Å². The van der Waals surface area contributed by atoms with Crippen LogP contribution in [-0.4, -0.2) is 17.4 Å². The predicted molar refractivity (Wildman–Crippen MR) is 106 cm³/mol. The first-order valence-corrected chi connectivity index (χ1v) is 10.5. The molecule has 1 atom stereocenters. The summed E-state index contributed by atoms with van der Waals surface area (Å²) < 4.78 is 0.504. The number of nitrogens with one attached hydrogen (secondary N) is 1. The Morgan fingerprint density at radius 3 is 2.33 bits per heavy atom. The van der Waals surface area contributed by atoms with Gasteiger partial charge in [-0.25, -0.2) is 0 Å². The zero-order valence-corrected chi connectivity index (χ0v) is 15.9. The minimum absolute atomic E-state index is 0.0482. The molecule has 2 aromatic carbocycles. The first kappa shape index (κ1) is 17.7. The van der Waals surface area contributed by atoms with E-state index in [4.69, 9.17) is 11.6 Å². The highest BCUT2D eigenvalue weighted by atomic mass is 35.5. The summed E-state index contributed by atoms with van der Waals surface area (Å²) in [6.07, 6.45) is 1.29. The summed E-state index contributed by atoms with van der Waals surface area (Å²) in [5.74, 6) is 2.39. The molecule has 2 aromatic rings. The normalized spacial score (nSPS) is 16.6. The molecule has 0 bridgehead atoms. The SMILES string of the molecule is C[C@H](NC(=O)c1ccc(C2SCCCS2)cc1)c1ccc(Cl)cc1. The first-order valence-electron chi connectivity index (χ1n) is 8.03. The van der Waals surface area contributed by atoms with Crippen LogP contribution in [0.2, 0.25) is 5.02 Å². The Kier molecular flexibility index (Phi) is 6.14. The van der Waals surface area contributed by atoms with Gasteiger partial charge in [0.2, 0.25) is 0 Å². The molecule has 1 fully saturated rings. The lowest BCUT2D eigenvalue weighted by atomic mass is 10.1. The van der Waals surface area contributed by atoms with Crippen LogP contribution in [0.15, 0.2) is 48.5 Å². The van der Waals surface area contributed by atoms with E-state index in [0.717, 1.165) is 5.56 Å². The van der Waals surface area contributed by atoms with E-state index in [0.29, 0.717) is 15.2 Å². The van der Waals surface area contributed by atoms with E-state index in [1.54, 1.807) is 0 Å². The lowest BCUT2D eigenvalue weighted by Gasteiger charge is -2.21. The second kappa shape index (κ2) is 8.32. The molecule has 1 saturated heterocycles. The monoisotopic (exact) mass is 377 g/mol. The maximum absolute atomic E-state index is 12.4. The van der Waals surface area contributed by atoms with E-state index in [1.807, 2.05) is 66.8 Å². The van der Waals surface area contributed by atoms with Gasteiger partial charge in [0.15, 0.2) is 0 Å². The molecule has 1 amide bonds. The van der Waals surface area contributed by atoms with Crippen LogP contribution >= 0.6 is 35.1 Å². The maximum atomic E-state index is 12.4. The van der Waals surface area contributed by atoms with Crippen molar-refractivity contribution in [3.8, 4) is 0 Å². The van der Waals surface area contributed by atoms with Gasteiger partial charge in [-0.15, -0.1) is 23.5 Å². The van der Waals surface area contributed by atoms with Gasteiger partial charge >= 0.3 is 0 Å². The fraction of sp³-hybridized carbons (Fsp3) is 0.316. The Labute approximate surface area is 156 Å². The third kappa shape index (κ3) is 4.50. The topological polar surface area (TPSA) is 29.1 Å². The molecule has 1 N–H and O–H groups in total. The average molecular weight is 378 g/mol. The van der Waals surface area contributed by atoms with Gasteiger partial charge in [0.25, 0.3) is 5.91 Å². The molecule has 2 nitrogen and oxygen atoms in total. The lowest BCUT2D eigenvalue weighted by Crippen LogP contribution is -2.26. The first-order chi connectivity index (χ1) is 11.6. The molecule has 5 heteroatoms. The second-order valence-electron chi connectivity index (χ2n) is 5.80. The number of benzene rings is 2. The molecule has 0 aromatic heterocycles. The summed E-state index contributed by atoms with van der Waals surface area (Å²) in [7, 11) is 0. The molecule has 126 valence electrons. The van der Waals surface area contributed by atoms with Crippen LogP contribution < -0.4 is 5.32 Å². The quantitative estimate of drug-likeness (QED) is 0.740. The number of thioether (sulfide) groups is 2. The molecule has 0 unspecified atom stereocenters. The van der Waals surface area contributed by atoms with E-state index < -0.39 is 0 Å². The molecule has 0 aliphatic carbocycles. The van der Waals surface area contributed by atoms with Crippen LogP contribution in [-0.2, 0) is 0 Å². The minimum atomic E-state index is -0.0566. The summed E-state index contributed by atoms with van der Waals surface area (Å²) in [6.45, 7) is 1.98. The second-order valence-corrected chi connectivity index (χ2v) is 8.96. The van der Waals surface area contributed by atoms with Crippen LogP contribution in [0.25, 0.3) is 0 Å². The molecule has 0 saturated carbocycles. The highest BCUT2D eigenvalue weighted by molar-refractivity contribution is 8.16. The van der Waals surface area contributed by atoms with Crippen molar-refractivity contribution in [1.29, 1.82) is 0 Å². The van der Waals surface area contributed by atoms with Gasteiger partial charge in [-0.2, -0.15) is 0 Å². The summed E-state index contributed by atoms with van der Waals surface area (Å²) in [6, 6.07) is 15.5. The van der Waals surface area contributed by atoms with Crippen molar-refractivity contribution in [3.05, 3.63) is 70.2 Å². The Morgan fingerprint density at radius 1 is 1.08 bits per heavy atom. The third-order valence-corrected chi connectivity index (χ3v) is 7.26. The fourth-order valence-corrected chi connectivity index (χ4v) is 5.61. The maximum Gasteiger partial charge on any atom is 0.251 e. The number of hydrogen-bond donors (Lipinski definition) is 1. The van der Waals surface area contributed by atoms with Gasteiger partial charge in [0, 0.05) is 10.6 Å². The van der Waals surface area contributed by atoms with Gasteiger partial charge in [-0.3, -0.25) is 4.79 Å². The number of amides is 1. The van der Waals surface area contributed by atoms with Gasteiger partial charge < -0.3 is 5.32 Å². The Morgan fingerprint density at radius 2 is 1.71 bits per heavy atom. The van der Waals surface area contributed by atoms with Gasteiger partial charge in [0.1, 0.15) is 0 Å². The van der Waals surface area contributed by atoms with Gasteiger partial charge in [0.05, 0.1) is 10.6 Å². The smallest absolute Gasteiger partial charge is 0.251 e. The zero-order chi connectivity index (χ0) is 16.9. The van der Waals surface area contributed by atoms with Crippen LogP contribution in [0.1, 0.15) is 45.5 Å². The van der Waals surface area contributed by atoms with E-state index in [1.165, 1.54) is 23.5 Å². The average Bonchev–Trinajstić information content (AvgIpc) is 2.63. The summed E-state index contributed by atoms with van der Waals surface area (Å²) in [4.78, 5) is 12.4. The van der Waals surface area contributed by atoms with E-state index in [9.17, 15) is 4.79 Å². The lowest BCUT2D eigenvalue weighted by molar-refractivity contribution is 0.0940. The molecular weight excluding hydrogens is 358 g/mol. The molecule has 1 aliphatic heterocycles. The Hall–Kier alpha value is -1.10. The number of halogens is 1. The van der Waals surface area contributed by atoms with Gasteiger partial charge in [-0.05, 0) is 60.2 Å². The molecule has 24 heavy (non-hydrogen) atoms. The van der Waals surface area contributed by atoms with Crippen LogP contribution in [0.4, 0.5) is 0 Å². The summed E-state index contributed by atoms with van der Waals surface area (Å²) in [5.41, 5.74) is 3.04. The van der Waals surface area contributed by atoms with Crippen molar-refractivity contribution in [2.75, 3.05) is 11.5 Å². The standard InChI is InChI=1S/C19H20ClNOS2/c1-13(14-7-9-17(20)10-8-14)21-18(22)15-3-5-16(6-4-15)19-23-11-2-12-24-19/h3-10,13,19H,2,11-12H2,1H3,(H,21,22)/t13-/m0/s1. The van der Waals surface area contributed by atoms with Crippen molar-refractivity contribution < 1.29 is 4.79 Å². The molecule has 0 radical (unpaired) electrons. The molecule has 0 spiro atoms. The van der Waals surface area contributed by atoms with Crippen LogP contribution in [0.5, 0.6) is 0 Å². The third-order valence-electron chi connectivity index (χ3n) is 3.99. The van der Waals surface area contributed by atoms with Gasteiger partial charge in [-0.1, -0.05) is 35.9 Å². The van der Waals surface area contributed by atoms with E-state index >= 15 is 0 Å². The molecule has 1 heterocycles. The van der Waals surface area contributed by atoms with Crippen LogP contribution in [0.3, 0.4) is 0 Å². The number of rotatable bonds is 4. The van der Waals surface area contributed by atoms with Crippen molar-refractivity contribution in [1.82, 2.24) is 5.32 Å². The predicted octanol–water partition coefficient (Wildman–Crippen LogP) is 5.70. The largest absolute Gasteiger partial charge is 0.346 e. The molecular formula is C19H20ClNOS2. The van der Waals surface area contributed by atoms with Crippen molar-refractivity contribution in [2.45, 2.75) is 24.0 Å². The number of hydrogen-bond acceptors (Lipinski definition) is 3. The summed E-state index contributed by atoms with van der Waals surface area (Å²) in [5, 5.41) is 3.74. The number of carbonyl (C=O) groups excluding carboxylic acids is 1. The Bertz CT molecular complexity index is 682. The van der Waals surface area contributed by atoms with Crippen molar-refractivity contribution in [3.63, 3.8) is 0 Å². The molecule has 1 aliphatic rings. The minimum Gasteiger partial charge on any atom is -0.346 e. The van der Waals surface area contributed by atoms with Crippen molar-refractivity contribution >= 4 is 41.0 Å². The number of carbonyl (C=O) groups is 1. The highest BCUT2D eigenvalue weighted by Crippen LogP contribution is 2.43. The summed E-state index contributed by atoms with van der Waals surface area (Å²) >= 11 is 9.89.